The highest BCUT2D eigenvalue weighted by Gasteiger charge is 2.59. The maximum Gasteiger partial charge on any atom is 0.254 e. The molecule has 2 aliphatic rings. The minimum absolute atomic E-state index is 0.0871. The lowest BCUT2D eigenvalue weighted by Crippen LogP contribution is -2.52. The first-order valence-electron chi connectivity index (χ1n) is 7.81. The number of carbonyl (C=O) groups excluding carboxylic acids is 1. The molecule has 2 fully saturated rings. The summed E-state index contributed by atoms with van der Waals surface area (Å²) in [6.07, 6.45) is 3.57. The Bertz CT molecular complexity index is 590. The Balaban J connectivity index is 1.85. The highest BCUT2D eigenvalue weighted by molar-refractivity contribution is 5.94. The summed E-state index contributed by atoms with van der Waals surface area (Å²) < 4.78 is 14.0. The topological polar surface area (TPSA) is 29.1 Å². The molecule has 3 rings (SSSR count). The van der Waals surface area contributed by atoms with Gasteiger partial charge in [0.25, 0.3) is 5.91 Å². The van der Waals surface area contributed by atoms with Gasteiger partial charge in [-0.15, -0.1) is 0 Å². The van der Waals surface area contributed by atoms with Crippen LogP contribution in [0.3, 0.4) is 0 Å². The van der Waals surface area contributed by atoms with Crippen molar-refractivity contribution in [1.29, 1.82) is 0 Å². The third-order valence-electron chi connectivity index (χ3n) is 5.91. The van der Waals surface area contributed by atoms with E-state index in [1.54, 1.807) is 12.1 Å². The Labute approximate surface area is 126 Å². The summed E-state index contributed by atoms with van der Waals surface area (Å²) in [6.45, 7) is 8.56. The van der Waals surface area contributed by atoms with E-state index in [9.17, 15) is 9.18 Å². The van der Waals surface area contributed by atoms with Crippen LogP contribution < -0.4 is 5.32 Å². The van der Waals surface area contributed by atoms with Gasteiger partial charge in [0.2, 0.25) is 0 Å². The second-order valence-electron chi connectivity index (χ2n) is 7.80. The number of aryl methyl sites for hydroxylation is 1. The molecule has 0 heterocycles. The fourth-order valence-corrected chi connectivity index (χ4v) is 4.68. The molecule has 0 saturated heterocycles. The quantitative estimate of drug-likeness (QED) is 0.873. The van der Waals surface area contributed by atoms with Crippen molar-refractivity contribution in [2.45, 2.75) is 53.0 Å². The molecular formula is C18H24FNO. The Kier molecular flexibility index (Phi) is 3.16. The molecule has 1 N–H and O–H groups in total. The van der Waals surface area contributed by atoms with E-state index in [2.05, 4.69) is 26.1 Å². The van der Waals surface area contributed by atoms with E-state index >= 15 is 0 Å². The predicted octanol–water partition coefficient (Wildman–Crippen LogP) is 4.08. The van der Waals surface area contributed by atoms with Crippen molar-refractivity contribution in [3.8, 4) is 0 Å². The average Bonchev–Trinajstić information content (AvgIpc) is 2.85. The summed E-state index contributed by atoms with van der Waals surface area (Å²) in [6, 6.07) is 4.91. The second kappa shape index (κ2) is 4.56. The third kappa shape index (κ3) is 2.18. The normalized spacial score (nSPS) is 33.2. The molecule has 0 radical (unpaired) electrons. The zero-order valence-corrected chi connectivity index (χ0v) is 13.3. The van der Waals surface area contributed by atoms with Crippen molar-refractivity contribution in [3.05, 3.63) is 35.1 Å². The van der Waals surface area contributed by atoms with Crippen molar-refractivity contribution in [2.75, 3.05) is 0 Å². The van der Waals surface area contributed by atoms with E-state index in [0.717, 1.165) is 12.0 Å². The first kappa shape index (κ1) is 14.6. The van der Waals surface area contributed by atoms with Crippen LogP contribution in [0.25, 0.3) is 0 Å². The zero-order valence-electron chi connectivity index (χ0n) is 13.3. The van der Waals surface area contributed by atoms with Crippen LogP contribution in [0, 0.1) is 29.5 Å². The summed E-state index contributed by atoms with van der Waals surface area (Å²) in [4.78, 5) is 12.5. The van der Waals surface area contributed by atoms with Gasteiger partial charge in [0.1, 0.15) is 5.82 Å². The van der Waals surface area contributed by atoms with Gasteiger partial charge >= 0.3 is 0 Å². The molecular weight excluding hydrogens is 265 g/mol. The highest BCUT2D eigenvalue weighted by Crippen LogP contribution is 2.62. The van der Waals surface area contributed by atoms with Gasteiger partial charge in [-0.25, -0.2) is 4.39 Å². The second-order valence-corrected chi connectivity index (χ2v) is 7.80. The SMILES string of the molecule is Cc1ccc(C(=O)NC2C3(C)CCC(C3)C2(C)C)c(F)c1. The molecule has 1 amide bonds. The smallest absolute Gasteiger partial charge is 0.254 e. The third-order valence-corrected chi connectivity index (χ3v) is 5.91. The fourth-order valence-electron chi connectivity index (χ4n) is 4.68. The van der Waals surface area contributed by atoms with E-state index in [-0.39, 0.29) is 28.3 Å². The van der Waals surface area contributed by atoms with Crippen molar-refractivity contribution in [2.24, 2.45) is 16.7 Å². The van der Waals surface area contributed by atoms with Gasteiger partial charge in [-0.05, 0) is 60.6 Å². The van der Waals surface area contributed by atoms with Gasteiger partial charge in [0.05, 0.1) is 5.56 Å². The van der Waals surface area contributed by atoms with Gasteiger partial charge in [0.15, 0.2) is 0 Å². The Hall–Kier alpha value is -1.38. The monoisotopic (exact) mass is 289 g/mol. The van der Waals surface area contributed by atoms with Crippen molar-refractivity contribution in [3.63, 3.8) is 0 Å². The van der Waals surface area contributed by atoms with Gasteiger partial charge < -0.3 is 5.32 Å². The molecule has 0 aliphatic heterocycles. The number of amides is 1. The molecule has 2 nitrogen and oxygen atoms in total. The van der Waals surface area contributed by atoms with Crippen molar-refractivity contribution >= 4 is 5.91 Å². The molecule has 3 heteroatoms. The summed E-state index contributed by atoms with van der Waals surface area (Å²) >= 11 is 0. The zero-order chi connectivity index (χ0) is 15.4. The summed E-state index contributed by atoms with van der Waals surface area (Å²) in [5.41, 5.74) is 1.23. The number of benzene rings is 1. The number of rotatable bonds is 2. The summed E-state index contributed by atoms with van der Waals surface area (Å²) in [7, 11) is 0. The van der Waals surface area contributed by atoms with Gasteiger partial charge in [-0.2, -0.15) is 0 Å². The molecule has 2 bridgehead atoms. The van der Waals surface area contributed by atoms with Crippen LogP contribution in [0.15, 0.2) is 18.2 Å². The van der Waals surface area contributed by atoms with Crippen LogP contribution in [0.2, 0.25) is 0 Å². The standard InChI is InChI=1S/C18H24FNO/c1-11-5-6-13(14(19)9-11)15(21)20-16-17(2,3)12-7-8-18(16,4)10-12/h5-6,9,12,16H,7-8,10H2,1-4H3,(H,20,21). The minimum atomic E-state index is -0.432. The molecule has 3 atom stereocenters. The largest absolute Gasteiger partial charge is 0.348 e. The number of carbonyl (C=O) groups is 1. The van der Waals surface area contributed by atoms with Crippen LogP contribution in [-0.2, 0) is 0 Å². The van der Waals surface area contributed by atoms with Crippen LogP contribution in [0.1, 0.15) is 56.0 Å². The summed E-state index contributed by atoms with van der Waals surface area (Å²) in [5.74, 6) is -0.0476. The lowest BCUT2D eigenvalue weighted by atomic mass is 9.68. The van der Waals surface area contributed by atoms with E-state index in [1.165, 1.54) is 18.9 Å². The van der Waals surface area contributed by atoms with Crippen molar-refractivity contribution in [1.82, 2.24) is 5.32 Å². The average molecular weight is 289 g/mol. The predicted molar refractivity (Wildman–Crippen MR) is 81.6 cm³/mol. The van der Waals surface area contributed by atoms with Gasteiger partial charge in [-0.1, -0.05) is 26.8 Å². The molecule has 0 spiro atoms. The van der Waals surface area contributed by atoms with Crippen LogP contribution in [0.4, 0.5) is 4.39 Å². The van der Waals surface area contributed by atoms with E-state index in [4.69, 9.17) is 0 Å². The minimum Gasteiger partial charge on any atom is -0.348 e. The molecule has 3 unspecified atom stereocenters. The van der Waals surface area contributed by atoms with Crippen LogP contribution >= 0.6 is 0 Å². The van der Waals surface area contributed by atoms with Crippen LogP contribution in [-0.4, -0.2) is 11.9 Å². The molecule has 2 aliphatic carbocycles. The lowest BCUT2D eigenvalue weighted by molar-refractivity contribution is 0.0734. The number of hydrogen-bond acceptors (Lipinski definition) is 1. The van der Waals surface area contributed by atoms with Crippen LogP contribution in [0.5, 0.6) is 0 Å². The fraction of sp³-hybridized carbons (Fsp3) is 0.611. The molecule has 114 valence electrons. The van der Waals surface area contributed by atoms with Gasteiger partial charge in [-0.3, -0.25) is 4.79 Å². The molecule has 1 aromatic carbocycles. The molecule has 0 aromatic heterocycles. The maximum absolute atomic E-state index is 14.0. The van der Waals surface area contributed by atoms with Gasteiger partial charge in [0, 0.05) is 6.04 Å². The number of nitrogens with one attached hydrogen (secondary N) is 1. The number of hydrogen-bond donors (Lipinski definition) is 1. The van der Waals surface area contributed by atoms with E-state index in [1.807, 2.05) is 6.92 Å². The lowest BCUT2D eigenvalue weighted by Gasteiger charge is -2.43. The molecule has 2 saturated carbocycles. The van der Waals surface area contributed by atoms with E-state index < -0.39 is 5.82 Å². The Morgan fingerprint density at radius 3 is 2.62 bits per heavy atom. The molecule has 21 heavy (non-hydrogen) atoms. The number of halogens is 1. The van der Waals surface area contributed by atoms with Crippen molar-refractivity contribution < 1.29 is 9.18 Å². The Morgan fingerprint density at radius 2 is 2.05 bits per heavy atom. The maximum atomic E-state index is 14.0. The highest BCUT2D eigenvalue weighted by atomic mass is 19.1. The number of fused-ring (bicyclic) bond motifs is 2. The first-order chi connectivity index (χ1) is 9.74. The van der Waals surface area contributed by atoms with E-state index in [0.29, 0.717) is 5.92 Å². The molecule has 1 aromatic rings. The Morgan fingerprint density at radius 1 is 1.33 bits per heavy atom. The first-order valence-corrected chi connectivity index (χ1v) is 7.81. The summed E-state index contributed by atoms with van der Waals surface area (Å²) in [5, 5.41) is 3.14.